The van der Waals surface area contributed by atoms with Crippen molar-refractivity contribution < 1.29 is 27.4 Å². The zero-order chi connectivity index (χ0) is 15.5. The molecule has 0 unspecified atom stereocenters. The Bertz CT molecular complexity index is 616. The van der Waals surface area contributed by atoms with Crippen LogP contribution in [0.5, 0.6) is 17.2 Å². The Morgan fingerprint density at radius 1 is 0.857 bits per heavy atom. The average molecular weight is 296 g/mol. The zero-order valence-electron chi connectivity index (χ0n) is 11.0. The first kappa shape index (κ1) is 14.9. The van der Waals surface area contributed by atoms with Crippen LogP contribution < -0.4 is 9.47 Å². The van der Waals surface area contributed by atoms with Crippen LogP contribution in [0.3, 0.4) is 0 Å². The van der Waals surface area contributed by atoms with Gasteiger partial charge in [0, 0.05) is 6.92 Å². The fourth-order valence-corrected chi connectivity index (χ4v) is 1.59. The third-order valence-electron chi connectivity index (χ3n) is 2.50. The lowest BCUT2D eigenvalue weighted by Crippen LogP contribution is -2.04. The van der Waals surface area contributed by atoms with Crippen molar-refractivity contribution in [3.8, 4) is 17.2 Å². The van der Waals surface area contributed by atoms with Gasteiger partial charge < -0.3 is 9.47 Å². The monoisotopic (exact) mass is 296 g/mol. The van der Waals surface area contributed by atoms with E-state index in [4.69, 9.17) is 9.47 Å². The van der Waals surface area contributed by atoms with E-state index in [2.05, 4.69) is 0 Å². The topological polar surface area (TPSA) is 35.5 Å². The van der Waals surface area contributed by atoms with E-state index in [1.165, 1.54) is 31.2 Å². The number of hydrogen-bond acceptors (Lipinski definition) is 3. The molecule has 0 aliphatic heterocycles. The molecule has 0 spiro atoms. The molecule has 0 bridgehead atoms. The van der Waals surface area contributed by atoms with Gasteiger partial charge in [-0.1, -0.05) is 0 Å². The molecule has 110 valence electrons. The summed E-state index contributed by atoms with van der Waals surface area (Å²) < 4.78 is 47.5. The summed E-state index contributed by atoms with van der Waals surface area (Å²) in [5, 5.41) is 0. The molecule has 0 aromatic heterocycles. The maximum Gasteiger partial charge on any atom is 0.416 e. The fraction of sp³-hybridized carbons (Fsp3) is 0.133. The first-order valence-electron chi connectivity index (χ1n) is 5.98. The van der Waals surface area contributed by atoms with E-state index < -0.39 is 17.7 Å². The summed E-state index contributed by atoms with van der Waals surface area (Å²) in [6.45, 7) is 1.28. The van der Waals surface area contributed by atoms with E-state index in [1.807, 2.05) is 0 Å². The summed E-state index contributed by atoms with van der Waals surface area (Å²) in [7, 11) is 0. The van der Waals surface area contributed by atoms with Crippen LogP contribution in [0.25, 0.3) is 0 Å². The highest BCUT2D eigenvalue weighted by atomic mass is 19.4. The minimum absolute atomic E-state index is 0.281. The number of esters is 1. The smallest absolute Gasteiger partial charge is 0.416 e. The van der Waals surface area contributed by atoms with Gasteiger partial charge >= 0.3 is 12.1 Å². The lowest BCUT2D eigenvalue weighted by Gasteiger charge is -2.09. The van der Waals surface area contributed by atoms with Gasteiger partial charge in [0.2, 0.25) is 0 Å². The predicted molar refractivity (Wildman–Crippen MR) is 69.3 cm³/mol. The second-order valence-electron chi connectivity index (χ2n) is 4.19. The Labute approximate surface area is 118 Å². The minimum Gasteiger partial charge on any atom is -0.457 e. The Morgan fingerprint density at radius 2 is 1.29 bits per heavy atom. The molecule has 2 aromatic rings. The predicted octanol–water partition coefficient (Wildman–Crippen LogP) is 4.42. The number of carbonyl (C=O) groups excluding carboxylic acids is 1. The van der Waals surface area contributed by atoms with Crippen LogP contribution in [0.2, 0.25) is 0 Å². The third kappa shape index (κ3) is 4.24. The van der Waals surface area contributed by atoms with Crippen LogP contribution in [0.15, 0.2) is 48.5 Å². The number of hydrogen-bond donors (Lipinski definition) is 0. The number of carbonyl (C=O) groups is 1. The molecular weight excluding hydrogens is 285 g/mol. The number of ether oxygens (including phenoxy) is 2. The molecule has 0 saturated heterocycles. The van der Waals surface area contributed by atoms with Crippen LogP contribution >= 0.6 is 0 Å². The standard InChI is InChI=1S/C15H11F3O3/c1-10(19)20-12-6-8-14(9-7-12)21-13-4-2-11(3-5-13)15(16,17)18/h2-9H,1H3. The van der Waals surface area contributed by atoms with Crippen molar-refractivity contribution >= 4 is 5.97 Å². The molecule has 0 radical (unpaired) electrons. The Morgan fingerprint density at radius 3 is 1.71 bits per heavy atom. The summed E-state index contributed by atoms with van der Waals surface area (Å²) in [6.07, 6.45) is -4.37. The van der Waals surface area contributed by atoms with Crippen molar-refractivity contribution in [2.24, 2.45) is 0 Å². The van der Waals surface area contributed by atoms with Gasteiger partial charge in [0.15, 0.2) is 0 Å². The van der Waals surface area contributed by atoms with Gasteiger partial charge in [0.25, 0.3) is 0 Å². The Balaban J connectivity index is 2.06. The van der Waals surface area contributed by atoms with Crippen molar-refractivity contribution in [3.05, 3.63) is 54.1 Å². The largest absolute Gasteiger partial charge is 0.457 e. The number of benzene rings is 2. The van der Waals surface area contributed by atoms with E-state index in [0.29, 0.717) is 11.5 Å². The molecule has 2 rings (SSSR count). The molecular formula is C15H11F3O3. The highest BCUT2D eigenvalue weighted by Gasteiger charge is 2.30. The molecule has 2 aromatic carbocycles. The highest BCUT2D eigenvalue weighted by Crippen LogP contribution is 2.31. The Hall–Kier alpha value is -2.50. The lowest BCUT2D eigenvalue weighted by molar-refractivity contribution is -0.137. The van der Waals surface area contributed by atoms with Gasteiger partial charge in [-0.15, -0.1) is 0 Å². The van der Waals surface area contributed by atoms with Gasteiger partial charge in [-0.25, -0.2) is 0 Å². The summed E-state index contributed by atoms with van der Waals surface area (Å²) in [5.74, 6) is 0.627. The van der Waals surface area contributed by atoms with Crippen molar-refractivity contribution in [3.63, 3.8) is 0 Å². The van der Waals surface area contributed by atoms with Crippen molar-refractivity contribution in [2.45, 2.75) is 13.1 Å². The number of alkyl halides is 3. The summed E-state index contributed by atoms with van der Waals surface area (Å²) >= 11 is 0. The van der Waals surface area contributed by atoms with Crippen molar-refractivity contribution in [1.29, 1.82) is 0 Å². The number of rotatable bonds is 3. The molecule has 0 aliphatic carbocycles. The minimum atomic E-state index is -4.37. The van der Waals surface area contributed by atoms with Crippen LogP contribution in [-0.4, -0.2) is 5.97 Å². The zero-order valence-corrected chi connectivity index (χ0v) is 11.0. The van der Waals surface area contributed by atoms with E-state index in [-0.39, 0.29) is 5.75 Å². The quantitative estimate of drug-likeness (QED) is 0.621. The maximum atomic E-state index is 12.4. The molecule has 0 fully saturated rings. The summed E-state index contributed by atoms with van der Waals surface area (Å²) in [4.78, 5) is 10.8. The van der Waals surface area contributed by atoms with Crippen LogP contribution in [0.4, 0.5) is 13.2 Å². The molecule has 6 heteroatoms. The van der Waals surface area contributed by atoms with E-state index in [9.17, 15) is 18.0 Å². The van der Waals surface area contributed by atoms with Crippen molar-refractivity contribution in [2.75, 3.05) is 0 Å². The van der Waals surface area contributed by atoms with Gasteiger partial charge in [-0.3, -0.25) is 4.79 Å². The second kappa shape index (κ2) is 5.87. The molecule has 0 N–H and O–H groups in total. The first-order chi connectivity index (χ1) is 9.84. The molecule has 0 heterocycles. The van der Waals surface area contributed by atoms with E-state index in [0.717, 1.165) is 12.1 Å². The summed E-state index contributed by atoms with van der Waals surface area (Å²) in [5.41, 5.74) is -0.736. The first-order valence-corrected chi connectivity index (χ1v) is 5.98. The number of halogens is 3. The second-order valence-corrected chi connectivity index (χ2v) is 4.19. The molecule has 0 atom stereocenters. The lowest BCUT2D eigenvalue weighted by atomic mass is 10.2. The van der Waals surface area contributed by atoms with Crippen LogP contribution in [0.1, 0.15) is 12.5 Å². The summed E-state index contributed by atoms with van der Waals surface area (Å²) in [6, 6.07) is 10.5. The van der Waals surface area contributed by atoms with Gasteiger partial charge in [-0.2, -0.15) is 13.2 Å². The molecule has 21 heavy (non-hydrogen) atoms. The SMILES string of the molecule is CC(=O)Oc1ccc(Oc2ccc(C(F)(F)F)cc2)cc1. The van der Waals surface area contributed by atoms with Crippen molar-refractivity contribution in [1.82, 2.24) is 0 Å². The highest BCUT2D eigenvalue weighted by molar-refractivity contribution is 5.69. The van der Waals surface area contributed by atoms with E-state index >= 15 is 0 Å². The maximum absolute atomic E-state index is 12.4. The third-order valence-corrected chi connectivity index (χ3v) is 2.50. The Kier molecular flexibility index (Phi) is 4.16. The molecule has 3 nitrogen and oxygen atoms in total. The average Bonchev–Trinajstić information content (AvgIpc) is 2.40. The van der Waals surface area contributed by atoms with Gasteiger partial charge in [-0.05, 0) is 48.5 Å². The molecule has 0 amide bonds. The van der Waals surface area contributed by atoms with E-state index in [1.54, 1.807) is 12.1 Å². The normalized spacial score (nSPS) is 11.0. The fourth-order valence-electron chi connectivity index (χ4n) is 1.59. The van der Waals surface area contributed by atoms with Gasteiger partial charge in [0.1, 0.15) is 17.2 Å². The van der Waals surface area contributed by atoms with Crippen LogP contribution in [0, 0.1) is 0 Å². The van der Waals surface area contributed by atoms with Crippen LogP contribution in [-0.2, 0) is 11.0 Å². The molecule has 0 saturated carbocycles. The van der Waals surface area contributed by atoms with Gasteiger partial charge in [0.05, 0.1) is 5.56 Å². The molecule has 0 aliphatic rings.